The Hall–Kier alpha value is -4.33. The van der Waals surface area contributed by atoms with E-state index in [9.17, 15) is 14.4 Å². The van der Waals surface area contributed by atoms with Crippen LogP contribution in [0.15, 0.2) is 78.9 Å². The molecule has 0 aromatic heterocycles. The van der Waals surface area contributed by atoms with Crippen LogP contribution in [-0.2, 0) is 9.53 Å². The van der Waals surface area contributed by atoms with Gasteiger partial charge in [0.15, 0.2) is 0 Å². The van der Waals surface area contributed by atoms with Gasteiger partial charge in [-0.2, -0.15) is 0 Å². The highest BCUT2D eigenvalue weighted by Crippen LogP contribution is 2.23. The molecule has 0 aliphatic carbocycles. The molecule has 3 rings (SSSR count). The van der Waals surface area contributed by atoms with E-state index < -0.39 is 24.0 Å². The number of urea groups is 1. The van der Waals surface area contributed by atoms with E-state index in [1.807, 2.05) is 0 Å². The van der Waals surface area contributed by atoms with Gasteiger partial charge in [-0.25, -0.2) is 9.59 Å². The Labute approximate surface area is 179 Å². The van der Waals surface area contributed by atoms with E-state index in [-0.39, 0.29) is 5.56 Å². The fraction of sp³-hybridized carbons (Fsp3) is 0.0870. The van der Waals surface area contributed by atoms with Gasteiger partial charge >= 0.3 is 12.0 Å². The van der Waals surface area contributed by atoms with Crippen molar-refractivity contribution in [1.29, 1.82) is 0 Å². The lowest BCUT2D eigenvalue weighted by Gasteiger charge is -2.18. The number of methoxy groups -OCH3 is 1. The number of benzene rings is 3. The maximum atomic E-state index is 12.9. The van der Waals surface area contributed by atoms with Crippen LogP contribution in [0.5, 0.6) is 5.75 Å². The Bertz CT molecular complexity index is 1050. The number of hydrogen-bond acceptors (Lipinski definition) is 5. The van der Waals surface area contributed by atoms with Crippen molar-refractivity contribution in [3.63, 3.8) is 0 Å². The van der Waals surface area contributed by atoms with Crippen LogP contribution >= 0.6 is 0 Å². The third-order valence-corrected chi connectivity index (χ3v) is 4.31. The summed E-state index contributed by atoms with van der Waals surface area (Å²) in [5.74, 6) is -0.542. The fourth-order valence-electron chi connectivity index (χ4n) is 2.79. The SMILES string of the molecule is COc1ccc(NC(=O)C(OC(=O)c2ccc(NC(N)=O)cc2)c2ccccc2)cc1. The summed E-state index contributed by atoms with van der Waals surface area (Å²) in [6, 6.07) is 20.7. The summed E-state index contributed by atoms with van der Waals surface area (Å²) in [7, 11) is 1.55. The average molecular weight is 419 g/mol. The van der Waals surface area contributed by atoms with Crippen LogP contribution in [0, 0.1) is 0 Å². The molecule has 0 saturated carbocycles. The molecular formula is C23H21N3O5. The minimum atomic E-state index is -1.17. The van der Waals surface area contributed by atoms with Crippen LogP contribution in [0.25, 0.3) is 0 Å². The quantitative estimate of drug-likeness (QED) is 0.504. The number of carbonyl (C=O) groups is 3. The van der Waals surface area contributed by atoms with Crippen molar-refractivity contribution in [3.05, 3.63) is 90.0 Å². The number of carbonyl (C=O) groups excluding carboxylic acids is 3. The fourth-order valence-corrected chi connectivity index (χ4v) is 2.79. The molecular weight excluding hydrogens is 398 g/mol. The lowest BCUT2D eigenvalue weighted by atomic mass is 10.1. The summed E-state index contributed by atoms with van der Waals surface area (Å²) in [5.41, 5.74) is 6.77. The zero-order valence-electron chi connectivity index (χ0n) is 16.7. The van der Waals surface area contributed by atoms with Gasteiger partial charge in [0, 0.05) is 16.9 Å². The number of rotatable bonds is 7. The Balaban J connectivity index is 1.77. The first-order valence-electron chi connectivity index (χ1n) is 9.33. The van der Waals surface area contributed by atoms with Crippen molar-refractivity contribution in [3.8, 4) is 5.75 Å². The van der Waals surface area contributed by atoms with Crippen LogP contribution in [0.2, 0.25) is 0 Å². The molecule has 1 atom stereocenters. The summed E-state index contributed by atoms with van der Waals surface area (Å²) >= 11 is 0. The second-order valence-corrected chi connectivity index (χ2v) is 6.48. The van der Waals surface area contributed by atoms with Gasteiger partial charge in [0.05, 0.1) is 12.7 Å². The largest absolute Gasteiger partial charge is 0.497 e. The molecule has 8 nitrogen and oxygen atoms in total. The lowest BCUT2D eigenvalue weighted by molar-refractivity contribution is -0.125. The molecule has 158 valence electrons. The van der Waals surface area contributed by atoms with Gasteiger partial charge in [0.1, 0.15) is 5.75 Å². The number of hydrogen-bond donors (Lipinski definition) is 3. The molecule has 0 fully saturated rings. The molecule has 0 aliphatic heterocycles. The Kier molecular flexibility index (Phi) is 6.85. The maximum Gasteiger partial charge on any atom is 0.339 e. The summed E-state index contributed by atoms with van der Waals surface area (Å²) < 4.78 is 10.6. The standard InChI is InChI=1S/C23H21N3O5/c1-30-19-13-11-17(12-14-19)25-21(27)20(15-5-3-2-4-6-15)31-22(28)16-7-9-18(10-8-16)26-23(24)29/h2-14,20H,1H3,(H,25,27)(H3,24,26,29). The van der Waals surface area contributed by atoms with Gasteiger partial charge < -0.3 is 25.8 Å². The Morgan fingerprint density at radius 3 is 1.97 bits per heavy atom. The van der Waals surface area contributed by atoms with E-state index in [1.54, 1.807) is 61.7 Å². The van der Waals surface area contributed by atoms with Crippen LogP contribution in [0.1, 0.15) is 22.0 Å². The number of ether oxygens (including phenoxy) is 2. The van der Waals surface area contributed by atoms with Gasteiger partial charge in [-0.3, -0.25) is 4.79 Å². The van der Waals surface area contributed by atoms with Crippen molar-refractivity contribution in [2.24, 2.45) is 5.73 Å². The van der Waals surface area contributed by atoms with Crippen molar-refractivity contribution in [1.82, 2.24) is 0 Å². The summed E-state index contributed by atoms with van der Waals surface area (Å²) in [6.07, 6.45) is -1.17. The molecule has 3 aromatic rings. The van der Waals surface area contributed by atoms with Gasteiger partial charge in [-0.1, -0.05) is 30.3 Å². The van der Waals surface area contributed by atoms with Crippen LogP contribution in [-0.4, -0.2) is 25.0 Å². The first-order chi connectivity index (χ1) is 15.0. The predicted molar refractivity (Wildman–Crippen MR) is 116 cm³/mol. The summed E-state index contributed by atoms with van der Waals surface area (Å²) in [6.45, 7) is 0. The predicted octanol–water partition coefficient (Wildman–Crippen LogP) is 3.72. The number of esters is 1. The Morgan fingerprint density at radius 2 is 1.39 bits per heavy atom. The second kappa shape index (κ2) is 9.93. The highest BCUT2D eigenvalue weighted by Gasteiger charge is 2.26. The van der Waals surface area contributed by atoms with Crippen molar-refractivity contribution < 1.29 is 23.9 Å². The lowest BCUT2D eigenvalue weighted by Crippen LogP contribution is -2.26. The van der Waals surface area contributed by atoms with Crippen LogP contribution in [0.4, 0.5) is 16.2 Å². The molecule has 0 bridgehead atoms. The minimum Gasteiger partial charge on any atom is -0.497 e. The highest BCUT2D eigenvalue weighted by atomic mass is 16.5. The molecule has 3 amide bonds. The molecule has 0 radical (unpaired) electrons. The molecule has 1 unspecified atom stereocenters. The van der Waals surface area contributed by atoms with E-state index in [0.29, 0.717) is 22.7 Å². The average Bonchev–Trinajstić information content (AvgIpc) is 2.78. The molecule has 0 saturated heterocycles. The van der Waals surface area contributed by atoms with E-state index in [2.05, 4.69) is 10.6 Å². The Morgan fingerprint density at radius 1 is 0.806 bits per heavy atom. The highest BCUT2D eigenvalue weighted by molar-refractivity contribution is 5.98. The van der Waals surface area contributed by atoms with Crippen LogP contribution < -0.4 is 21.1 Å². The van der Waals surface area contributed by atoms with Gasteiger partial charge in [-0.15, -0.1) is 0 Å². The van der Waals surface area contributed by atoms with Gasteiger partial charge in [0.25, 0.3) is 5.91 Å². The van der Waals surface area contributed by atoms with Gasteiger partial charge in [-0.05, 0) is 48.5 Å². The molecule has 8 heteroatoms. The maximum absolute atomic E-state index is 12.9. The number of amides is 3. The number of primary amides is 1. The molecule has 3 aromatic carbocycles. The van der Waals surface area contributed by atoms with E-state index in [4.69, 9.17) is 15.2 Å². The molecule has 31 heavy (non-hydrogen) atoms. The smallest absolute Gasteiger partial charge is 0.339 e. The van der Waals surface area contributed by atoms with Crippen LogP contribution in [0.3, 0.4) is 0 Å². The topological polar surface area (TPSA) is 120 Å². The molecule has 0 spiro atoms. The number of nitrogens with one attached hydrogen (secondary N) is 2. The third kappa shape index (κ3) is 5.83. The molecule has 0 heterocycles. The number of anilines is 2. The first-order valence-corrected chi connectivity index (χ1v) is 9.33. The number of nitrogens with two attached hydrogens (primary N) is 1. The third-order valence-electron chi connectivity index (χ3n) is 4.31. The minimum absolute atomic E-state index is 0.216. The zero-order chi connectivity index (χ0) is 22.2. The zero-order valence-corrected chi connectivity index (χ0v) is 16.7. The van der Waals surface area contributed by atoms with E-state index >= 15 is 0 Å². The summed E-state index contributed by atoms with van der Waals surface area (Å²) in [4.78, 5) is 36.5. The second-order valence-electron chi connectivity index (χ2n) is 6.48. The van der Waals surface area contributed by atoms with Crippen molar-refractivity contribution in [2.45, 2.75) is 6.10 Å². The van der Waals surface area contributed by atoms with Gasteiger partial charge in [0.2, 0.25) is 6.10 Å². The normalized spacial score (nSPS) is 11.1. The summed E-state index contributed by atoms with van der Waals surface area (Å²) in [5, 5.41) is 5.15. The van der Waals surface area contributed by atoms with E-state index in [0.717, 1.165) is 0 Å². The molecule has 4 N–H and O–H groups in total. The van der Waals surface area contributed by atoms with E-state index in [1.165, 1.54) is 24.3 Å². The first kappa shape index (κ1) is 21.4. The molecule has 0 aliphatic rings. The van der Waals surface area contributed by atoms with Crippen molar-refractivity contribution in [2.75, 3.05) is 17.7 Å². The monoisotopic (exact) mass is 419 g/mol. The van der Waals surface area contributed by atoms with Crippen molar-refractivity contribution >= 4 is 29.3 Å².